The van der Waals surface area contributed by atoms with Crippen molar-refractivity contribution in [1.29, 1.82) is 0 Å². The Morgan fingerprint density at radius 3 is 2.38 bits per heavy atom. The first kappa shape index (κ1) is 26.7. The number of amides is 1. The van der Waals surface area contributed by atoms with Gasteiger partial charge in [-0.2, -0.15) is 0 Å². The molecule has 1 aliphatic rings. The van der Waals surface area contributed by atoms with E-state index in [1.165, 1.54) is 16.7 Å². The van der Waals surface area contributed by atoms with E-state index in [1.807, 2.05) is 48.0 Å². The van der Waals surface area contributed by atoms with Crippen LogP contribution in [0.4, 0.5) is 5.69 Å². The zero-order chi connectivity index (χ0) is 27.0. The minimum absolute atomic E-state index is 0.0922. The van der Waals surface area contributed by atoms with Gasteiger partial charge in [0.2, 0.25) is 0 Å². The highest BCUT2D eigenvalue weighted by molar-refractivity contribution is 5.94. The van der Waals surface area contributed by atoms with E-state index in [2.05, 4.69) is 81.2 Å². The van der Waals surface area contributed by atoms with Crippen LogP contribution in [-0.4, -0.2) is 64.5 Å². The number of piperazine rings is 1. The monoisotopic (exact) mass is 522 g/mol. The Labute approximate surface area is 231 Å². The molecule has 2 N–H and O–H groups in total. The van der Waals surface area contributed by atoms with Crippen LogP contribution >= 0.6 is 0 Å². The summed E-state index contributed by atoms with van der Waals surface area (Å²) in [4.78, 5) is 21.4. The summed E-state index contributed by atoms with van der Waals surface area (Å²) in [5.41, 5.74) is 6.62. The second kappa shape index (κ2) is 12.7. The van der Waals surface area contributed by atoms with Crippen LogP contribution in [0.1, 0.15) is 46.9 Å². The van der Waals surface area contributed by atoms with Crippen molar-refractivity contribution in [3.63, 3.8) is 0 Å². The molecule has 39 heavy (non-hydrogen) atoms. The smallest absolute Gasteiger partial charge is 0.253 e. The van der Waals surface area contributed by atoms with Crippen molar-refractivity contribution in [2.45, 2.75) is 26.4 Å². The number of rotatable bonds is 10. The predicted molar refractivity (Wildman–Crippen MR) is 157 cm³/mol. The molecule has 5 rings (SSSR count). The van der Waals surface area contributed by atoms with E-state index >= 15 is 0 Å². The van der Waals surface area contributed by atoms with Gasteiger partial charge in [0.15, 0.2) is 0 Å². The average molecular weight is 523 g/mol. The van der Waals surface area contributed by atoms with Gasteiger partial charge in [0, 0.05) is 75.1 Å². The van der Waals surface area contributed by atoms with Crippen LogP contribution in [0.2, 0.25) is 0 Å². The van der Waals surface area contributed by atoms with Crippen LogP contribution in [0.5, 0.6) is 0 Å². The maximum atomic E-state index is 12.9. The van der Waals surface area contributed by atoms with Crippen molar-refractivity contribution in [1.82, 2.24) is 24.7 Å². The lowest BCUT2D eigenvalue weighted by molar-refractivity contribution is 0.0773. The number of carbonyl (C=O) groups is 1. The summed E-state index contributed by atoms with van der Waals surface area (Å²) in [7, 11) is 0. The Morgan fingerprint density at radius 2 is 1.72 bits per heavy atom. The molecule has 0 saturated carbocycles. The van der Waals surface area contributed by atoms with Crippen LogP contribution in [0.15, 0.2) is 91.5 Å². The molecule has 4 aromatic rings. The number of benzene rings is 3. The molecule has 0 aliphatic carbocycles. The molecule has 1 aliphatic heterocycles. The number of nitrogens with one attached hydrogen (secondary N) is 2. The van der Waals surface area contributed by atoms with Crippen LogP contribution < -0.4 is 10.6 Å². The molecular weight excluding hydrogens is 484 g/mol. The van der Waals surface area contributed by atoms with Crippen LogP contribution in [0.3, 0.4) is 0 Å². The van der Waals surface area contributed by atoms with Crippen molar-refractivity contribution >= 4 is 11.6 Å². The van der Waals surface area contributed by atoms with Gasteiger partial charge in [0.25, 0.3) is 5.91 Å². The minimum Gasteiger partial charge on any atom is -0.381 e. The highest BCUT2D eigenvalue weighted by Crippen LogP contribution is 2.31. The van der Waals surface area contributed by atoms with Gasteiger partial charge in [-0.3, -0.25) is 9.69 Å². The first-order chi connectivity index (χ1) is 19.2. The van der Waals surface area contributed by atoms with Gasteiger partial charge in [-0.05, 0) is 66.9 Å². The molecule has 0 unspecified atom stereocenters. The highest BCUT2D eigenvalue weighted by Gasteiger charge is 2.24. The summed E-state index contributed by atoms with van der Waals surface area (Å²) >= 11 is 0. The van der Waals surface area contributed by atoms with E-state index in [4.69, 9.17) is 0 Å². The highest BCUT2D eigenvalue weighted by atomic mass is 16.2. The molecule has 1 saturated heterocycles. The van der Waals surface area contributed by atoms with E-state index in [1.54, 1.807) is 6.20 Å². The topological polar surface area (TPSA) is 65.4 Å². The third kappa shape index (κ3) is 6.38. The molecule has 1 fully saturated rings. The maximum absolute atomic E-state index is 12.9. The minimum atomic E-state index is 0.0922. The van der Waals surface area contributed by atoms with Crippen molar-refractivity contribution in [2.75, 3.05) is 44.6 Å². The van der Waals surface area contributed by atoms with Crippen LogP contribution in [0.25, 0.3) is 5.69 Å². The second-order valence-electron chi connectivity index (χ2n) is 9.90. The normalized spacial score (nSPS) is 14.6. The number of hydrogen-bond donors (Lipinski definition) is 2. The molecule has 3 aromatic carbocycles. The number of carbonyl (C=O) groups excluding carboxylic acids is 1. The van der Waals surface area contributed by atoms with Crippen molar-refractivity contribution in [3.05, 3.63) is 114 Å². The number of imidazole rings is 1. The number of anilines is 1. The van der Waals surface area contributed by atoms with Crippen LogP contribution in [-0.2, 0) is 6.54 Å². The lowest BCUT2D eigenvalue weighted by atomic mass is 9.95. The second-order valence-corrected chi connectivity index (χ2v) is 9.90. The number of aromatic nitrogens is 2. The molecule has 7 heteroatoms. The fourth-order valence-corrected chi connectivity index (χ4v) is 5.28. The summed E-state index contributed by atoms with van der Waals surface area (Å²) in [6, 6.07) is 25.6. The molecule has 1 atom stereocenters. The first-order valence-corrected chi connectivity index (χ1v) is 13.9. The summed E-state index contributed by atoms with van der Waals surface area (Å²) in [6.45, 7) is 10.1. The Morgan fingerprint density at radius 1 is 0.974 bits per heavy atom. The molecule has 0 radical (unpaired) electrons. The van der Waals surface area contributed by atoms with Gasteiger partial charge in [0.05, 0.1) is 12.4 Å². The van der Waals surface area contributed by atoms with E-state index in [9.17, 15) is 4.79 Å². The Kier molecular flexibility index (Phi) is 8.71. The lowest BCUT2D eigenvalue weighted by Crippen LogP contribution is -2.45. The van der Waals surface area contributed by atoms with E-state index < -0.39 is 0 Å². The quantitative estimate of drug-likeness (QED) is 0.308. The number of nitrogens with zero attached hydrogens (tertiary/aromatic N) is 4. The fourth-order valence-electron chi connectivity index (χ4n) is 5.28. The van der Waals surface area contributed by atoms with Crippen molar-refractivity contribution < 1.29 is 4.79 Å². The average Bonchev–Trinajstić information content (AvgIpc) is 3.54. The molecule has 202 valence electrons. The third-order valence-corrected chi connectivity index (χ3v) is 7.48. The van der Waals surface area contributed by atoms with Crippen molar-refractivity contribution in [3.8, 4) is 5.69 Å². The van der Waals surface area contributed by atoms with Gasteiger partial charge in [0.1, 0.15) is 0 Å². The van der Waals surface area contributed by atoms with Gasteiger partial charge in [-0.25, -0.2) is 4.98 Å². The molecule has 2 heterocycles. The Bertz CT molecular complexity index is 1320. The summed E-state index contributed by atoms with van der Waals surface area (Å²) in [6.07, 6.45) is 5.55. The summed E-state index contributed by atoms with van der Waals surface area (Å²) in [5, 5.41) is 7.09. The van der Waals surface area contributed by atoms with E-state index in [0.29, 0.717) is 0 Å². The summed E-state index contributed by atoms with van der Waals surface area (Å²) < 4.78 is 2.00. The predicted octanol–water partition coefficient (Wildman–Crippen LogP) is 4.96. The fraction of sp³-hybridized carbons (Fsp3) is 0.312. The molecule has 1 aromatic heterocycles. The SMILES string of the molecule is CCN(CC)C(=O)c1ccc([C@@H](c2cccc(NCc3ccc(-n4ccnc4)cc3)c2)N2CCNCC2)cc1. The Balaban J connectivity index is 1.34. The molecular formula is C32H38N6O. The largest absolute Gasteiger partial charge is 0.381 e. The first-order valence-electron chi connectivity index (χ1n) is 13.9. The number of hydrogen-bond acceptors (Lipinski definition) is 5. The summed E-state index contributed by atoms with van der Waals surface area (Å²) in [5.74, 6) is 0.0922. The molecule has 7 nitrogen and oxygen atoms in total. The van der Waals surface area contributed by atoms with E-state index in [-0.39, 0.29) is 11.9 Å². The van der Waals surface area contributed by atoms with Gasteiger partial charge in [-0.15, -0.1) is 0 Å². The zero-order valence-electron chi connectivity index (χ0n) is 22.9. The molecule has 0 bridgehead atoms. The molecule has 1 amide bonds. The van der Waals surface area contributed by atoms with Gasteiger partial charge in [-0.1, -0.05) is 36.4 Å². The zero-order valence-corrected chi connectivity index (χ0v) is 22.9. The maximum Gasteiger partial charge on any atom is 0.253 e. The molecule has 0 spiro atoms. The van der Waals surface area contributed by atoms with Gasteiger partial charge >= 0.3 is 0 Å². The third-order valence-electron chi connectivity index (χ3n) is 7.48. The van der Waals surface area contributed by atoms with Crippen LogP contribution in [0, 0.1) is 0 Å². The van der Waals surface area contributed by atoms with Gasteiger partial charge < -0.3 is 20.1 Å². The van der Waals surface area contributed by atoms with E-state index in [0.717, 1.165) is 62.8 Å². The van der Waals surface area contributed by atoms with Crippen molar-refractivity contribution in [2.24, 2.45) is 0 Å². The standard InChI is InChI=1S/C32H38N6O/c1-3-36(4-2)32(39)27-12-10-26(11-13-27)31(37-19-16-33-17-20-37)28-6-5-7-29(22-28)35-23-25-8-14-30(15-9-25)38-21-18-34-24-38/h5-15,18,21-22,24,31,33,35H,3-4,16-17,19-20,23H2,1-2H3/t31-/m0/s1. The lowest BCUT2D eigenvalue weighted by Gasteiger charge is -2.36. The Hall–Kier alpha value is -3.94.